The molecule has 0 saturated heterocycles. The molecule has 0 fully saturated rings. The number of hydrogen-bond acceptors (Lipinski definition) is 5. The topological polar surface area (TPSA) is 88.2 Å². The van der Waals surface area contributed by atoms with Gasteiger partial charge in [-0.1, -0.05) is 13.0 Å². The Morgan fingerprint density at radius 1 is 1.65 bits per heavy atom. The van der Waals surface area contributed by atoms with Crippen molar-refractivity contribution in [3.8, 4) is 0 Å². The highest BCUT2D eigenvalue weighted by Crippen LogP contribution is 2.14. The van der Waals surface area contributed by atoms with E-state index in [0.29, 0.717) is 5.69 Å². The van der Waals surface area contributed by atoms with E-state index in [0.717, 1.165) is 17.2 Å². The third-order valence-electron chi connectivity index (χ3n) is 2.13. The van der Waals surface area contributed by atoms with E-state index in [1.54, 1.807) is 23.9 Å². The summed E-state index contributed by atoms with van der Waals surface area (Å²) < 4.78 is 0. The van der Waals surface area contributed by atoms with Crippen LogP contribution in [-0.2, 0) is 5.75 Å². The van der Waals surface area contributed by atoms with Crippen LogP contribution in [0.2, 0.25) is 0 Å². The number of carbonyl (C=O) groups is 1. The largest absolute Gasteiger partial charge is 0.396 e. The quantitative estimate of drug-likeness (QED) is 0.392. The number of aromatic nitrogens is 1. The molecule has 5 nitrogen and oxygen atoms in total. The number of pyridine rings is 1. The van der Waals surface area contributed by atoms with Crippen LogP contribution < -0.4 is 11.3 Å². The van der Waals surface area contributed by atoms with E-state index in [1.807, 2.05) is 13.0 Å². The minimum Gasteiger partial charge on any atom is -0.396 e. The maximum atomic E-state index is 11.3. The number of nitrogens with one attached hydrogen (secondary N) is 1. The van der Waals surface area contributed by atoms with Crippen LogP contribution in [0.4, 0.5) is 0 Å². The van der Waals surface area contributed by atoms with Crippen LogP contribution >= 0.6 is 11.8 Å². The maximum absolute atomic E-state index is 11.3. The van der Waals surface area contributed by atoms with Crippen molar-refractivity contribution in [2.45, 2.75) is 12.7 Å². The van der Waals surface area contributed by atoms with E-state index < -0.39 is 0 Å². The third kappa shape index (κ3) is 4.72. The lowest BCUT2D eigenvalue weighted by Gasteiger charge is -2.07. The average molecular weight is 255 g/mol. The number of thioether (sulfide) groups is 1. The number of nitrogens with two attached hydrogens (primary N) is 1. The zero-order valence-corrected chi connectivity index (χ0v) is 10.5. The summed E-state index contributed by atoms with van der Waals surface area (Å²) in [7, 11) is 0. The van der Waals surface area contributed by atoms with Gasteiger partial charge in [-0.15, -0.1) is 0 Å². The second-order valence-corrected chi connectivity index (χ2v) is 4.82. The number of rotatable bonds is 6. The van der Waals surface area contributed by atoms with Gasteiger partial charge in [-0.3, -0.25) is 10.2 Å². The highest BCUT2D eigenvalue weighted by atomic mass is 32.2. The molecule has 1 atom stereocenters. The van der Waals surface area contributed by atoms with Crippen molar-refractivity contribution in [1.82, 2.24) is 10.4 Å². The number of carbonyl (C=O) groups excluding carboxylic acids is 1. The number of amides is 1. The normalized spacial score (nSPS) is 12.2. The fraction of sp³-hybridized carbons (Fsp3) is 0.455. The molecule has 94 valence electrons. The van der Waals surface area contributed by atoms with Gasteiger partial charge in [0.1, 0.15) is 5.69 Å². The molecule has 0 aromatic carbocycles. The van der Waals surface area contributed by atoms with Crippen LogP contribution in [0.3, 0.4) is 0 Å². The molecule has 17 heavy (non-hydrogen) atoms. The van der Waals surface area contributed by atoms with Gasteiger partial charge in [-0.2, -0.15) is 11.8 Å². The van der Waals surface area contributed by atoms with Crippen molar-refractivity contribution in [2.24, 2.45) is 11.8 Å². The van der Waals surface area contributed by atoms with Crippen LogP contribution in [0.15, 0.2) is 18.2 Å². The Balaban J connectivity index is 2.51. The van der Waals surface area contributed by atoms with Gasteiger partial charge in [0.15, 0.2) is 0 Å². The first-order valence-electron chi connectivity index (χ1n) is 5.33. The summed E-state index contributed by atoms with van der Waals surface area (Å²) in [4.78, 5) is 15.4. The zero-order chi connectivity index (χ0) is 12.7. The Morgan fingerprint density at radius 2 is 2.41 bits per heavy atom. The molecule has 1 amide bonds. The molecule has 0 radical (unpaired) electrons. The molecule has 4 N–H and O–H groups in total. The van der Waals surface area contributed by atoms with Crippen molar-refractivity contribution < 1.29 is 9.90 Å². The molecule has 0 bridgehead atoms. The van der Waals surface area contributed by atoms with Crippen LogP contribution in [0.5, 0.6) is 0 Å². The number of aliphatic hydroxyl groups is 1. The van der Waals surface area contributed by atoms with E-state index >= 15 is 0 Å². The van der Waals surface area contributed by atoms with Gasteiger partial charge >= 0.3 is 0 Å². The highest BCUT2D eigenvalue weighted by Gasteiger charge is 2.06. The molecule has 0 aliphatic heterocycles. The van der Waals surface area contributed by atoms with Gasteiger partial charge in [-0.05, 0) is 23.8 Å². The first kappa shape index (κ1) is 14.0. The van der Waals surface area contributed by atoms with Crippen LogP contribution in [-0.4, -0.2) is 28.4 Å². The standard InChI is InChI=1S/C11H17N3O2S/c1-8(5-15)6-17-7-9-3-2-4-10(13-9)11(16)14-12/h2-4,8,15H,5-7,12H2,1H3,(H,14,16). The summed E-state index contributed by atoms with van der Waals surface area (Å²) in [5.41, 5.74) is 3.21. The van der Waals surface area contributed by atoms with Crippen molar-refractivity contribution in [3.05, 3.63) is 29.6 Å². The third-order valence-corrected chi connectivity index (χ3v) is 3.44. The van der Waals surface area contributed by atoms with Crippen LogP contribution in [0.25, 0.3) is 0 Å². The van der Waals surface area contributed by atoms with Crippen molar-refractivity contribution in [1.29, 1.82) is 0 Å². The Bertz CT molecular complexity index is 373. The molecule has 6 heteroatoms. The smallest absolute Gasteiger partial charge is 0.283 e. The molecule has 1 unspecified atom stereocenters. The van der Waals surface area contributed by atoms with Gasteiger partial charge in [0.05, 0.1) is 5.69 Å². The Morgan fingerprint density at radius 3 is 3.06 bits per heavy atom. The van der Waals surface area contributed by atoms with Gasteiger partial charge in [0, 0.05) is 12.4 Å². The van der Waals surface area contributed by atoms with Crippen molar-refractivity contribution in [3.63, 3.8) is 0 Å². The summed E-state index contributed by atoms with van der Waals surface area (Å²) >= 11 is 1.68. The van der Waals surface area contributed by atoms with E-state index in [9.17, 15) is 4.79 Å². The summed E-state index contributed by atoms with van der Waals surface area (Å²) in [6.45, 7) is 2.18. The lowest BCUT2D eigenvalue weighted by Crippen LogP contribution is -2.30. The Hall–Kier alpha value is -1.11. The first-order valence-corrected chi connectivity index (χ1v) is 6.48. The highest BCUT2D eigenvalue weighted by molar-refractivity contribution is 7.98. The molecule has 1 rings (SSSR count). The van der Waals surface area contributed by atoms with Crippen molar-refractivity contribution in [2.75, 3.05) is 12.4 Å². The molecular formula is C11H17N3O2S. The summed E-state index contributed by atoms with van der Waals surface area (Å²) in [6.07, 6.45) is 0. The van der Waals surface area contributed by atoms with E-state index in [2.05, 4.69) is 10.4 Å². The van der Waals surface area contributed by atoms with Gasteiger partial charge in [0.25, 0.3) is 5.91 Å². The molecule has 0 aliphatic carbocycles. The van der Waals surface area contributed by atoms with Gasteiger partial charge in [-0.25, -0.2) is 10.8 Å². The first-order chi connectivity index (χ1) is 8.17. The monoisotopic (exact) mass is 255 g/mol. The molecule has 0 saturated carbocycles. The SMILES string of the molecule is CC(CO)CSCc1cccc(C(=O)NN)n1. The molecule has 1 aromatic rings. The zero-order valence-electron chi connectivity index (χ0n) is 9.72. The lowest BCUT2D eigenvalue weighted by atomic mass is 10.2. The molecule has 1 heterocycles. The van der Waals surface area contributed by atoms with Gasteiger partial charge < -0.3 is 5.11 Å². The predicted octanol–water partition coefficient (Wildman–Crippen LogP) is 0.547. The Labute approximate surface area is 105 Å². The summed E-state index contributed by atoms with van der Waals surface area (Å²) in [5, 5.41) is 8.89. The molecule has 1 aromatic heterocycles. The van der Waals surface area contributed by atoms with Crippen LogP contribution in [0.1, 0.15) is 23.1 Å². The second-order valence-electron chi connectivity index (χ2n) is 3.79. The average Bonchev–Trinajstić information content (AvgIpc) is 2.38. The number of aliphatic hydroxyl groups excluding tert-OH is 1. The van der Waals surface area contributed by atoms with E-state index in [1.165, 1.54) is 0 Å². The van der Waals surface area contributed by atoms with E-state index in [-0.39, 0.29) is 18.4 Å². The molecular weight excluding hydrogens is 238 g/mol. The van der Waals surface area contributed by atoms with Gasteiger partial charge in [0.2, 0.25) is 0 Å². The number of hydrogen-bond donors (Lipinski definition) is 3. The fourth-order valence-corrected chi connectivity index (χ4v) is 2.17. The lowest BCUT2D eigenvalue weighted by molar-refractivity contribution is 0.0948. The molecule has 0 spiro atoms. The number of hydrazine groups is 1. The van der Waals surface area contributed by atoms with Crippen LogP contribution in [0, 0.1) is 5.92 Å². The van der Waals surface area contributed by atoms with Crippen molar-refractivity contribution >= 4 is 17.7 Å². The predicted molar refractivity (Wildman–Crippen MR) is 68.3 cm³/mol. The maximum Gasteiger partial charge on any atom is 0.283 e. The minimum absolute atomic E-state index is 0.191. The second kappa shape index (κ2) is 7.26. The number of nitrogen functional groups attached to an aromatic ring is 1. The molecule has 0 aliphatic rings. The summed E-state index contributed by atoms with van der Waals surface area (Å²) in [5.74, 6) is 6.51. The fourth-order valence-electron chi connectivity index (χ4n) is 1.18. The van der Waals surface area contributed by atoms with E-state index in [4.69, 9.17) is 10.9 Å². The Kier molecular flexibility index (Phi) is 5.96. The number of nitrogens with zero attached hydrogens (tertiary/aromatic N) is 1. The summed E-state index contributed by atoms with van der Waals surface area (Å²) in [6, 6.07) is 5.26. The minimum atomic E-state index is -0.388.